The average molecular weight is 637 g/mol. The van der Waals surface area contributed by atoms with Gasteiger partial charge in [0.05, 0.1) is 22.8 Å². The van der Waals surface area contributed by atoms with Gasteiger partial charge in [-0.3, -0.25) is 0 Å². The summed E-state index contributed by atoms with van der Waals surface area (Å²) in [7, 11) is 0. The topological polar surface area (TPSA) is 24.7 Å². The molecule has 0 spiro atoms. The van der Waals surface area contributed by atoms with Crippen LogP contribution in [0.3, 0.4) is 0 Å². The van der Waals surface area contributed by atoms with Gasteiger partial charge in [0.2, 0.25) is 0 Å². The van der Waals surface area contributed by atoms with E-state index in [9.17, 15) is 0 Å². The van der Waals surface area contributed by atoms with E-state index in [1.807, 2.05) is 12.2 Å². The summed E-state index contributed by atoms with van der Waals surface area (Å²) in [6, 6.07) is 16.4. The van der Waals surface area contributed by atoms with Gasteiger partial charge in [0.1, 0.15) is 0 Å². The largest absolute Gasteiger partial charge is 0.245 e. The van der Waals surface area contributed by atoms with Crippen LogP contribution < -0.4 is 0 Å². The Bertz CT molecular complexity index is 1930. The molecule has 2 nitrogen and oxygen atoms in total. The van der Waals surface area contributed by atoms with Crippen molar-refractivity contribution in [3.63, 3.8) is 0 Å². The van der Waals surface area contributed by atoms with Crippen LogP contribution in [0.5, 0.6) is 0 Å². The molecule has 0 saturated carbocycles. The van der Waals surface area contributed by atoms with E-state index >= 15 is 0 Å². The summed E-state index contributed by atoms with van der Waals surface area (Å²) in [4.78, 5) is 11.6. The van der Waals surface area contributed by atoms with E-state index in [0.717, 1.165) is 42.1 Å². The molecular formula is C46H56N2. The highest BCUT2D eigenvalue weighted by atomic mass is 14.9. The summed E-state index contributed by atoms with van der Waals surface area (Å²) in [6.07, 6.45) is 6.70. The molecule has 0 radical (unpaired) electrons. The summed E-state index contributed by atoms with van der Waals surface area (Å²) in [5.74, 6) is 1.27. The Balaban J connectivity index is 1.97. The second-order valence-corrected chi connectivity index (χ2v) is 15.0. The van der Waals surface area contributed by atoms with Gasteiger partial charge in [-0.25, -0.2) is 9.98 Å². The lowest BCUT2D eigenvalue weighted by molar-refractivity contribution is 0.821. The van der Waals surface area contributed by atoms with Crippen molar-refractivity contribution in [2.75, 3.05) is 0 Å². The van der Waals surface area contributed by atoms with Gasteiger partial charge in [-0.05, 0) is 118 Å². The summed E-state index contributed by atoms with van der Waals surface area (Å²) in [5, 5.41) is 2.59. The minimum Gasteiger partial charge on any atom is -0.245 e. The third kappa shape index (κ3) is 6.39. The molecule has 0 amide bonds. The molecule has 0 saturated heterocycles. The maximum Gasteiger partial charge on any atom is 0.0979 e. The van der Waals surface area contributed by atoms with Gasteiger partial charge in [0, 0.05) is 16.5 Å². The van der Waals surface area contributed by atoms with Crippen molar-refractivity contribution in [1.29, 1.82) is 0 Å². The molecule has 250 valence electrons. The lowest BCUT2D eigenvalue weighted by Crippen LogP contribution is -2.13. The number of benzene rings is 4. The monoisotopic (exact) mass is 636 g/mol. The second-order valence-electron chi connectivity index (χ2n) is 15.0. The highest BCUT2D eigenvalue weighted by Gasteiger charge is 2.31. The fourth-order valence-electron chi connectivity index (χ4n) is 7.53. The van der Waals surface area contributed by atoms with E-state index in [-0.39, 0.29) is 0 Å². The summed E-state index contributed by atoms with van der Waals surface area (Å²) in [5.41, 5.74) is 18.4. The number of hydrogen-bond donors (Lipinski definition) is 0. The van der Waals surface area contributed by atoms with Crippen LogP contribution in [0.15, 0.2) is 77.8 Å². The molecule has 2 heteroatoms. The number of allylic oxidation sites excluding steroid dienone is 2. The van der Waals surface area contributed by atoms with Crippen molar-refractivity contribution in [2.24, 2.45) is 9.98 Å². The predicted octanol–water partition coefficient (Wildman–Crippen LogP) is 13.2. The molecule has 0 bridgehead atoms. The summed E-state index contributed by atoms with van der Waals surface area (Å²) in [6.45, 7) is 33.2. The zero-order valence-electron chi connectivity index (χ0n) is 31.4. The van der Waals surface area contributed by atoms with Crippen molar-refractivity contribution in [3.8, 4) is 0 Å². The third-order valence-electron chi connectivity index (χ3n) is 10.1. The molecule has 0 aromatic heterocycles. The van der Waals surface area contributed by atoms with E-state index < -0.39 is 0 Å². The quantitative estimate of drug-likeness (QED) is 0.146. The van der Waals surface area contributed by atoms with Crippen LogP contribution in [0.4, 0.5) is 11.4 Å². The zero-order chi connectivity index (χ0) is 35.0. The summed E-state index contributed by atoms with van der Waals surface area (Å²) < 4.78 is 0. The molecule has 0 aliphatic heterocycles. The molecule has 0 fully saturated rings. The highest BCUT2D eigenvalue weighted by Crippen LogP contribution is 2.44. The molecule has 4 aromatic rings. The SMILES string of the molecule is C=CCc1cc(C(C)C)c(N=C2C(=Nc3c(C(C)C)cc(CC=C)c(C)c3C(C)C)c3cc(CC)cc4c(C)ccc2c34)c(C(C)C)c1. The predicted molar refractivity (Wildman–Crippen MR) is 212 cm³/mol. The lowest BCUT2D eigenvalue weighted by atomic mass is 9.85. The number of rotatable bonds is 11. The number of aliphatic imine (C=N–C) groups is 2. The Labute approximate surface area is 290 Å². The first kappa shape index (κ1) is 35.3. The van der Waals surface area contributed by atoms with Crippen molar-refractivity contribution in [1.82, 2.24) is 0 Å². The van der Waals surface area contributed by atoms with Crippen LogP contribution >= 0.6 is 0 Å². The van der Waals surface area contributed by atoms with Gasteiger partial charge >= 0.3 is 0 Å². The maximum absolute atomic E-state index is 5.83. The first-order valence-corrected chi connectivity index (χ1v) is 18.1. The van der Waals surface area contributed by atoms with E-state index in [2.05, 4.69) is 132 Å². The number of nitrogens with zero attached hydrogens (tertiary/aromatic N) is 2. The second kappa shape index (κ2) is 14.2. The summed E-state index contributed by atoms with van der Waals surface area (Å²) >= 11 is 0. The zero-order valence-corrected chi connectivity index (χ0v) is 31.4. The Kier molecular flexibility index (Phi) is 10.4. The van der Waals surface area contributed by atoms with Crippen LogP contribution in [-0.2, 0) is 19.3 Å². The van der Waals surface area contributed by atoms with Crippen molar-refractivity contribution >= 4 is 33.6 Å². The fraction of sp³-hybridized carbons (Fsp3) is 0.391. The van der Waals surface area contributed by atoms with E-state index in [1.165, 1.54) is 72.0 Å². The molecule has 0 unspecified atom stereocenters. The number of aryl methyl sites for hydroxylation is 2. The van der Waals surface area contributed by atoms with Crippen LogP contribution in [0, 0.1) is 13.8 Å². The van der Waals surface area contributed by atoms with Gasteiger partial charge < -0.3 is 0 Å². The Hall–Kier alpha value is -4.04. The lowest BCUT2D eigenvalue weighted by Gasteiger charge is -2.23. The van der Waals surface area contributed by atoms with Gasteiger partial charge in [-0.2, -0.15) is 0 Å². The minimum absolute atomic E-state index is 0.317. The maximum atomic E-state index is 5.83. The molecule has 48 heavy (non-hydrogen) atoms. The van der Waals surface area contributed by atoms with Gasteiger partial charge in [-0.1, -0.05) is 111 Å². The Morgan fingerprint density at radius 1 is 0.625 bits per heavy atom. The molecule has 1 aliphatic carbocycles. The van der Waals surface area contributed by atoms with Crippen molar-refractivity contribution < 1.29 is 0 Å². The van der Waals surface area contributed by atoms with Crippen LogP contribution in [0.25, 0.3) is 10.8 Å². The van der Waals surface area contributed by atoms with E-state index in [1.54, 1.807) is 0 Å². The smallest absolute Gasteiger partial charge is 0.0979 e. The molecular weight excluding hydrogens is 581 g/mol. The van der Waals surface area contributed by atoms with Crippen LogP contribution in [0.1, 0.15) is 147 Å². The van der Waals surface area contributed by atoms with Crippen LogP contribution in [0.2, 0.25) is 0 Å². The Morgan fingerprint density at radius 3 is 1.73 bits per heavy atom. The van der Waals surface area contributed by atoms with Gasteiger partial charge in [-0.15, -0.1) is 13.2 Å². The minimum atomic E-state index is 0.317. The van der Waals surface area contributed by atoms with Crippen molar-refractivity contribution in [2.45, 2.75) is 119 Å². The first-order chi connectivity index (χ1) is 22.8. The first-order valence-electron chi connectivity index (χ1n) is 18.1. The molecule has 1 aliphatic rings. The molecule has 0 heterocycles. The third-order valence-corrected chi connectivity index (χ3v) is 10.1. The van der Waals surface area contributed by atoms with Gasteiger partial charge in [0.15, 0.2) is 0 Å². The normalized spacial score (nSPS) is 14.6. The fourth-order valence-corrected chi connectivity index (χ4v) is 7.53. The highest BCUT2D eigenvalue weighted by molar-refractivity contribution is 6.61. The average Bonchev–Trinajstić information content (AvgIpc) is 3.32. The van der Waals surface area contributed by atoms with Crippen LogP contribution in [-0.4, -0.2) is 11.4 Å². The van der Waals surface area contributed by atoms with E-state index in [4.69, 9.17) is 9.98 Å². The van der Waals surface area contributed by atoms with Crippen molar-refractivity contribution in [3.05, 3.63) is 129 Å². The molecule has 0 N–H and O–H groups in total. The van der Waals surface area contributed by atoms with Gasteiger partial charge in [0.25, 0.3) is 0 Å². The Morgan fingerprint density at radius 2 is 1.19 bits per heavy atom. The standard InChI is InChI=1S/C46H56N2/c1-14-17-33-23-36(26(4)5)43(37(24-33)27(6)7)47-45-35-20-19-30(12)39-21-32(16-3)22-40(42(35)39)46(45)48-44-38(28(8)9)25-34(18-15-2)31(13)41(44)29(10)11/h14-15,19-29H,1-2,16-18H2,3-13H3. The van der Waals surface area contributed by atoms with E-state index in [0.29, 0.717) is 23.7 Å². The number of hydrogen-bond acceptors (Lipinski definition) is 2. The molecule has 5 rings (SSSR count). The molecule has 0 atom stereocenters. The molecule has 4 aromatic carbocycles.